The van der Waals surface area contributed by atoms with Crippen molar-refractivity contribution in [3.8, 4) is 5.75 Å². The second kappa shape index (κ2) is 5.72. The van der Waals surface area contributed by atoms with Crippen LogP contribution in [0, 0.1) is 0 Å². The quantitative estimate of drug-likeness (QED) is 0.778. The molecule has 0 radical (unpaired) electrons. The van der Waals surface area contributed by atoms with E-state index in [0.29, 0.717) is 0 Å². The van der Waals surface area contributed by atoms with E-state index < -0.39 is 0 Å². The maximum Gasteiger partial charge on any atom is 0.122 e. The lowest BCUT2D eigenvalue weighted by Gasteiger charge is -2.11. The number of ether oxygens (including phenoxy) is 1. The molecule has 0 saturated carbocycles. The number of rotatable bonds is 5. The summed E-state index contributed by atoms with van der Waals surface area (Å²) in [4.78, 5) is 0. The fraction of sp³-hybridized carbons (Fsp3) is 0.600. The highest BCUT2D eigenvalue weighted by molar-refractivity contribution is 5.39. The Bertz CT molecular complexity index is 399. The first kappa shape index (κ1) is 12.0. The highest BCUT2D eigenvalue weighted by Gasteiger charge is 2.13. The van der Waals surface area contributed by atoms with Crippen LogP contribution in [-0.4, -0.2) is 25.7 Å². The first-order valence-electron chi connectivity index (χ1n) is 7.10. The van der Waals surface area contributed by atoms with E-state index in [0.717, 1.165) is 37.9 Å². The molecule has 1 atom stereocenters. The molecular formula is C15H22N2O. The Morgan fingerprint density at radius 1 is 1.39 bits per heavy atom. The molecule has 0 spiro atoms. The highest BCUT2D eigenvalue weighted by Crippen LogP contribution is 2.25. The zero-order valence-corrected chi connectivity index (χ0v) is 10.9. The Hall–Kier alpha value is -1.06. The molecule has 0 bridgehead atoms. The Morgan fingerprint density at radius 2 is 2.39 bits per heavy atom. The molecular weight excluding hydrogens is 224 g/mol. The maximum absolute atomic E-state index is 5.52. The lowest BCUT2D eigenvalue weighted by Crippen LogP contribution is -2.26. The molecule has 1 aromatic carbocycles. The van der Waals surface area contributed by atoms with Crippen molar-refractivity contribution in [2.75, 3.05) is 19.7 Å². The Labute approximate surface area is 109 Å². The summed E-state index contributed by atoms with van der Waals surface area (Å²) in [7, 11) is 0. The first-order chi connectivity index (χ1) is 8.92. The van der Waals surface area contributed by atoms with Gasteiger partial charge in [0.25, 0.3) is 0 Å². The van der Waals surface area contributed by atoms with Crippen LogP contribution >= 0.6 is 0 Å². The SMILES string of the molecule is c1cc2c(cc1CNCCC1CCCN1)CCO2. The monoisotopic (exact) mass is 246 g/mol. The largest absolute Gasteiger partial charge is 0.493 e. The second-order valence-electron chi connectivity index (χ2n) is 5.30. The van der Waals surface area contributed by atoms with Gasteiger partial charge in [-0.1, -0.05) is 12.1 Å². The summed E-state index contributed by atoms with van der Waals surface area (Å²) in [6.07, 6.45) is 5.00. The molecule has 0 aliphatic carbocycles. The third-order valence-electron chi connectivity index (χ3n) is 3.91. The molecule has 18 heavy (non-hydrogen) atoms. The number of hydrogen-bond acceptors (Lipinski definition) is 3. The Morgan fingerprint density at radius 3 is 3.28 bits per heavy atom. The van der Waals surface area contributed by atoms with E-state index in [4.69, 9.17) is 4.74 Å². The number of hydrogen-bond donors (Lipinski definition) is 2. The highest BCUT2D eigenvalue weighted by atomic mass is 16.5. The van der Waals surface area contributed by atoms with Crippen molar-refractivity contribution < 1.29 is 4.74 Å². The summed E-state index contributed by atoms with van der Waals surface area (Å²) in [6.45, 7) is 4.13. The molecule has 3 nitrogen and oxygen atoms in total. The predicted octanol–water partition coefficient (Wildman–Crippen LogP) is 1.85. The fourth-order valence-corrected chi connectivity index (χ4v) is 2.86. The average molecular weight is 246 g/mol. The molecule has 3 rings (SSSR count). The van der Waals surface area contributed by atoms with Gasteiger partial charge < -0.3 is 15.4 Å². The summed E-state index contributed by atoms with van der Waals surface area (Å²) in [5.74, 6) is 1.08. The lowest BCUT2D eigenvalue weighted by molar-refractivity contribution is 0.357. The normalized spacial score (nSPS) is 21.9. The molecule has 2 aliphatic rings. The number of benzene rings is 1. The summed E-state index contributed by atoms with van der Waals surface area (Å²) >= 11 is 0. The van der Waals surface area contributed by atoms with Gasteiger partial charge in [0.2, 0.25) is 0 Å². The first-order valence-corrected chi connectivity index (χ1v) is 7.10. The molecule has 3 heteroatoms. The van der Waals surface area contributed by atoms with Crippen LogP contribution in [0.4, 0.5) is 0 Å². The minimum atomic E-state index is 0.742. The summed E-state index contributed by atoms with van der Waals surface area (Å²) in [5.41, 5.74) is 2.74. The summed E-state index contributed by atoms with van der Waals surface area (Å²) in [6, 6.07) is 7.30. The van der Waals surface area contributed by atoms with Gasteiger partial charge in [-0.05, 0) is 49.5 Å². The van der Waals surface area contributed by atoms with Crippen LogP contribution in [0.25, 0.3) is 0 Å². The molecule has 2 aliphatic heterocycles. The van der Waals surface area contributed by atoms with Crippen molar-refractivity contribution in [2.45, 2.75) is 38.3 Å². The third-order valence-corrected chi connectivity index (χ3v) is 3.91. The van der Waals surface area contributed by atoms with Gasteiger partial charge in [0, 0.05) is 19.0 Å². The van der Waals surface area contributed by atoms with Crippen molar-refractivity contribution in [3.05, 3.63) is 29.3 Å². The van der Waals surface area contributed by atoms with Crippen molar-refractivity contribution in [3.63, 3.8) is 0 Å². The van der Waals surface area contributed by atoms with Crippen molar-refractivity contribution >= 4 is 0 Å². The van der Waals surface area contributed by atoms with E-state index in [1.165, 1.54) is 36.9 Å². The van der Waals surface area contributed by atoms with Gasteiger partial charge in [-0.25, -0.2) is 0 Å². The van der Waals surface area contributed by atoms with E-state index in [1.54, 1.807) is 0 Å². The molecule has 98 valence electrons. The van der Waals surface area contributed by atoms with Gasteiger partial charge in [0.15, 0.2) is 0 Å². The molecule has 1 aromatic rings. The zero-order chi connectivity index (χ0) is 12.2. The van der Waals surface area contributed by atoms with E-state index in [2.05, 4.69) is 28.8 Å². The summed E-state index contributed by atoms with van der Waals surface area (Å²) < 4.78 is 5.52. The van der Waals surface area contributed by atoms with Crippen LogP contribution in [0.15, 0.2) is 18.2 Å². The van der Waals surface area contributed by atoms with E-state index >= 15 is 0 Å². The van der Waals surface area contributed by atoms with Gasteiger partial charge in [-0.15, -0.1) is 0 Å². The second-order valence-corrected chi connectivity index (χ2v) is 5.30. The van der Waals surface area contributed by atoms with Crippen molar-refractivity contribution in [1.82, 2.24) is 10.6 Å². The van der Waals surface area contributed by atoms with Gasteiger partial charge in [0.05, 0.1) is 6.61 Å². The third kappa shape index (κ3) is 2.85. The Balaban J connectivity index is 1.42. The van der Waals surface area contributed by atoms with Gasteiger partial charge >= 0.3 is 0 Å². The van der Waals surface area contributed by atoms with E-state index in [1.807, 2.05) is 0 Å². The van der Waals surface area contributed by atoms with Gasteiger partial charge in [0.1, 0.15) is 5.75 Å². The maximum atomic E-state index is 5.52. The van der Waals surface area contributed by atoms with Crippen LogP contribution in [0.1, 0.15) is 30.4 Å². The molecule has 1 fully saturated rings. The molecule has 2 N–H and O–H groups in total. The fourth-order valence-electron chi connectivity index (χ4n) is 2.86. The number of fused-ring (bicyclic) bond motifs is 1. The van der Waals surface area contributed by atoms with E-state index in [9.17, 15) is 0 Å². The molecule has 0 amide bonds. The Kier molecular flexibility index (Phi) is 3.81. The topological polar surface area (TPSA) is 33.3 Å². The molecule has 1 unspecified atom stereocenters. The molecule has 2 heterocycles. The smallest absolute Gasteiger partial charge is 0.122 e. The van der Waals surface area contributed by atoms with Crippen molar-refractivity contribution in [2.24, 2.45) is 0 Å². The van der Waals surface area contributed by atoms with Crippen LogP contribution in [0.5, 0.6) is 5.75 Å². The zero-order valence-electron chi connectivity index (χ0n) is 10.9. The summed E-state index contributed by atoms with van der Waals surface area (Å²) in [5, 5.41) is 7.07. The standard InChI is InChI=1S/C15H22N2O/c1-2-14(17-7-1)5-8-16-11-12-3-4-15-13(10-12)6-9-18-15/h3-4,10,14,16-17H,1-2,5-9,11H2. The van der Waals surface area contributed by atoms with Gasteiger partial charge in [-0.2, -0.15) is 0 Å². The molecule has 0 aromatic heterocycles. The lowest BCUT2D eigenvalue weighted by atomic mass is 10.1. The minimum absolute atomic E-state index is 0.742. The van der Waals surface area contributed by atoms with Crippen LogP contribution in [0.2, 0.25) is 0 Å². The average Bonchev–Trinajstić information content (AvgIpc) is 3.05. The predicted molar refractivity (Wildman–Crippen MR) is 73.0 cm³/mol. The van der Waals surface area contributed by atoms with Crippen LogP contribution in [-0.2, 0) is 13.0 Å². The van der Waals surface area contributed by atoms with Gasteiger partial charge in [-0.3, -0.25) is 0 Å². The molecule has 1 saturated heterocycles. The van der Waals surface area contributed by atoms with Crippen molar-refractivity contribution in [1.29, 1.82) is 0 Å². The van der Waals surface area contributed by atoms with E-state index in [-0.39, 0.29) is 0 Å². The number of nitrogens with one attached hydrogen (secondary N) is 2. The van der Waals surface area contributed by atoms with Crippen LogP contribution in [0.3, 0.4) is 0 Å². The van der Waals surface area contributed by atoms with Crippen LogP contribution < -0.4 is 15.4 Å². The minimum Gasteiger partial charge on any atom is -0.493 e.